The van der Waals surface area contributed by atoms with E-state index < -0.39 is 11.9 Å². The molecule has 1 unspecified atom stereocenters. The van der Waals surface area contributed by atoms with Gasteiger partial charge >= 0.3 is 0 Å². The van der Waals surface area contributed by atoms with E-state index in [-0.39, 0.29) is 11.7 Å². The van der Waals surface area contributed by atoms with Gasteiger partial charge in [0.25, 0.3) is 5.91 Å². The van der Waals surface area contributed by atoms with Crippen LogP contribution in [0.1, 0.15) is 42.7 Å². The summed E-state index contributed by atoms with van der Waals surface area (Å²) in [5.74, 6) is -0.185. The van der Waals surface area contributed by atoms with Crippen molar-refractivity contribution in [1.29, 1.82) is 0 Å². The number of carbonyl (C=O) groups is 2. The van der Waals surface area contributed by atoms with Crippen molar-refractivity contribution < 1.29 is 14.0 Å². The van der Waals surface area contributed by atoms with E-state index in [1.807, 2.05) is 0 Å². The number of carbonyl (C=O) groups excluding carboxylic acids is 2. The Kier molecular flexibility index (Phi) is 4.02. The Hall–Kier alpha value is -1.78. The van der Waals surface area contributed by atoms with E-state index in [2.05, 4.69) is 5.32 Å². The summed E-state index contributed by atoms with van der Waals surface area (Å²) in [4.78, 5) is 23.2. The van der Waals surface area contributed by atoms with E-state index in [1.165, 1.54) is 19.1 Å². The van der Waals surface area contributed by atoms with Gasteiger partial charge in [-0.1, -0.05) is 25.7 Å². The Morgan fingerprint density at radius 2 is 2.17 bits per heavy atom. The zero-order valence-corrected chi connectivity index (χ0v) is 10.2. The van der Waals surface area contributed by atoms with Gasteiger partial charge in [-0.2, -0.15) is 0 Å². The van der Waals surface area contributed by atoms with Crippen LogP contribution in [0.2, 0.25) is 0 Å². The minimum atomic E-state index is -0.606. The summed E-state index contributed by atoms with van der Waals surface area (Å²) >= 11 is 0. The Morgan fingerprint density at radius 1 is 1.44 bits per heavy atom. The van der Waals surface area contributed by atoms with Crippen molar-refractivity contribution in [3.8, 4) is 0 Å². The van der Waals surface area contributed by atoms with E-state index in [0.29, 0.717) is 12.3 Å². The van der Waals surface area contributed by atoms with E-state index in [0.717, 1.165) is 12.8 Å². The van der Waals surface area contributed by atoms with Gasteiger partial charge in [0, 0.05) is 0 Å². The largest absolute Gasteiger partial charge is 0.459 e. The minimum Gasteiger partial charge on any atom is -0.459 e. The number of nitrogens with two attached hydrogens (primary N) is 1. The second-order valence-electron chi connectivity index (χ2n) is 4.79. The van der Waals surface area contributed by atoms with Gasteiger partial charge in [0.2, 0.25) is 5.91 Å². The smallest absolute Gasteiger partial charge is 0.287 e. The third kappa shape index (κ3) is 3.12. The summed E-state index contributed by atoms with van der Waals surface area (Å²) < 4.78 is 4.98. The highest BCUT2D eigenvalue weighted by molar-refractivity contribution is 5.95. The van der Waals surface area contributed by atoms with Gasteiger partial charge in [-0.05, 0) is 24.5 Å². The highest BCUT2D eigenvalue weighted by Gasteiger charge is 2.25. The number of hydrogen-bond acceptors (Lipinski definition) is 3. The average Bonchev–Trinajstić information content (AvgIpc) is 3.00. The third-order valence-electron chi connectivity index (χ3n) is 3.44. The quantitative estimate of drug-likeness (QED) is 0.829. The molecule has 0 aliphatic heterocycles. The summed E-state index contributed by atoms with van der Waals surface area (Å²) in [5.41, 5.74) is 5.33. The van der Waals surface area contributed by atoms with E-state index in [1.54, 1.807) is 12.1 Å². The standard InChI is InChI=1S/C13H18N2O3/c14-12(16)10(8-9-4-1-2-5-9)15-13(17)11-6-3-7-18-11/h3,6-7,9-10H,1-2,4-5,8H2,(H2,14,16)(H,15,17). The molecule has 5 heteroatoms. The first-order valence-corrected chi connectivity index (χ1v) is 6.30. The lowest BCUT2D eigenvalue weighted by atomic mass is 9.98. The van der Waals surface area contributed by atoms with Crippen LogP contribution in [0, 0.1) is 5.92 Å². The van der Waals surface area contributed by atoms with E-state index in [4.69, 9.17) is 10.2 Å². The van der Waals surface area contributed by atoms with Crippen molar-refractivity contribution in [2.24, 2.45) is 11.7 Å². The van der Waals surface area contributed by atoms with Crippen LogP contribution in [0.25, 0.3) is 0 Å². The fraction of sp³-hybridized carbons (Fsp3) is 0.538. The summed E-state index contributed by atoms with van der Waals surface area (Å²) in [6.45, 7) is 0. The molecule has 1 aromatic rings. The van der Waals surface area contributed by atoms with Crippen LogP contribution < -0.4 is 11.1 Å². The number of rotatable bonds is 5. The molecule has 0 spiro atoms. The lowest BCUT2D eigenvalue weighted by molar-refractivity contribution is -0.120. The zero-order valence-electron chi connectivity index (χ0n) is 10.2. The van der Waals surface area contributed by atoms with E-state index in [9.17, 15) is 9.59 Å². The van der Waals surface area contributed by atoms with Gasteiger partial charge in [-0.3, -0.25) is 9.59 Å². The van der Waals surface area contributed by atoms with Crippen molar-refractivity contribution in [3.63, 3.8) is 0 Å². The fourth-order valence-corrected chi connectivity index (χ4v) is 2.46. The molecule has 98 valence electrons. The predicted octanol–water partition coefficient (Wildman–Crippen LogP) is 1.44. The topological polar surface area (TPSA) is 85.3 Å². The summed E-state index contributed by atoms with van der Waals surface area (Å²) in [6.07, 6.45) is 6.66. The molecule has 0 bridgehead atoms. The van der Waals surface area contributed by atoms with Gasteiger partial charge in [-0.15, -0.1) is 0 Å². The minimum absolute atomic E-state index is 0.202. The Labute approximate surface area is 106 Å². The molecule has 0 radical (unpaired) electrons. The fourth-order valence-electron chi connectivity index (χ4n) is 2.46. The third-order valence-corrected chi connectivity index (χ3v) is 3.44. The van der Waals surface area contributed by atoms with Crippen molar-refractivity contribution in [3.05, 3.63) is 24.2 Å². The molecular weight excluding hydrogens is 232 g/mol. The Balaban J connectivity index is 1.93. The summed E-state index contributed by atoms with van der Waals surface area (Å²) in [7, 11) is 0. The first-order chi connectivity index (χ1) is 8.66. The molecular formula is C13H18N2O3. The van der Waals surface area contributed by atoms with Gasteiger partial charge in [-0.25, -0.2) is 0 Å². The molecule has 0 aromatic carbocycles. The van der Waals surface area contributed by atoms with Crippen LogP contribution >= 0.6 is 0 Å². The second-order valence-corrected chi connectivity index (χ2v) is 4.79. The highest BCUT2D eigenvalue weighted by Crippen LogP contribution is 2.28. The van der Waals surface area contributed by atoms with Crippen molar-refractivity contribution >= 4 is 11.8 Å². The van der Waals surface area contributed by atoms with Crippen LogP contribution in [0.5, 0.6) is 0 Å². The molecule has 1 aliphatic carbocycles. The maximum atomic E-state index is 11.8. The molecule has 1 saturated carbocycles. The van der Waals surface area contributed by atoms with Crippen molar-refractivity contribution in [1.82, 2.24) is 5.32 Å². The van der Waals surface area contributed by atoms with Gasteiger partial charge in [0.15, 0.2) is 5.76 Å². The summed E-state index contributed by atoms with van der Waals surface area (Å²) in [6, 6.07) is 2.58. The maximum Gasteiger partial charge on any atom is 0.287 e. The normalized spacial score (nSPS) is 17.6. The van der Waals surface area contributed by atoms with Gasteiger partial charge in [0.05, 0.1) is 6.26 Å². The Morgan fingerprint density at radius 3 is 2.72 bits per heavy atom. The first-order valence-electron chi connectivity index (χ1n) is 6.30. The van der Waals surface area contributed by atoms with Crippen LogP contribution in [0.4, 0.5) is 0 Å². The maximum absolute atomic E-state index is 11.8. The molecule has 0 saturated heterocycles. The van der Waals surface area contributed by atoms with Crippen molar-refractivity contribution in [2.75, 3.05) is 0 Å². The molecule has 2 rings (SSSR count). The molecule has 3 N–H and O–H groups in total. The molecule has 5 nitrogen and oxygen atoms in total. The van der Waals surface area contributed by atoms with Gasteiger partial charge in [0.1, 0.15) is 6.04 Å². The number of amides is 2. The SMILES string of the molecule is NC(=O)C(CC1CCCC1)NC(=O)c1ccco1. The molecule has 1 atom stereocenters. The molecule has 1 heterocycles. The number of hydrogen-bond donors (Lipinski definition) is 2. The van der Waals surface area contributed by atoms with Crippen LogP contribution in [-0.4, -0.2) is 17.9 Å². The molecule has 1 aromatic heterocycles. The van der Waals surface area contributed by atoms with Crippen LogP contribution in [0.15, 0.2) is 22.8 Å². The highest BCUT2D eigenvalue weighted by atomic mass is 16.3. The van der Waals surface area contributed by atoms with Crippen molar-refractivity contribution in [2.45, 2.75) is 38.1 Å². The lowest BCUT2D eigenvalue weighted by Gasteiger charge is -2.18. The van der Waals surface area contributed by atoms with E-state index >= 15 is 0 Å². The number of primary amides is 1. The molecule has 18 heavy (non-hydrogen) atoms. The lowest BCUT2D eigenvalue weighted by Crippen LogP contribution is -2.45. The zero-order chi connectivity index (χ0) is 13.0. The van der Waals surface area contributed by atoms with Gasteiger partial charge < -0.3 is 15.5 Å². The molecule has 1 aliphatic rings. The number of furan rings is 1. The second kappa shape index (κ2) is 5.71. The van der Waals surface area contributed by atoms with Crippen LogP contribution in [0.3, 0.4) is 0 Å². The average molecular weight is 250 g/mol. The van der Waals surface area contributed by atoms with Crippen LogP contribution in [-0.2, 0) is 4.79 Å². The first kappa shape index (κ1) is 12.7. The molecule has 2 amide bonds. The summed E-state index contributed by atoms with van der Waals surface area (Å²) in [5, 5.41) is 2.64. The molecule has 1 fully saturated rings. The Bertz CT molecular complexity index is 408. The number of nitrogens with one attached hydrogen (secondary N) is 1. The monoisotopic (exact) mass is 250 g/mol. The predicted molar refractivity (Wildman–Crippen MR) is 65.7 cm³/mol.